The van der Waals surface area contributed by atoms with E-state index in [4.69, 9.17) is 14.2 Å². The molecule has 9 nitrogen and oxygen atoms in total. The summed E-state index contributed by atoms with van der Waals surface area (Å²) in [4.78, 5) is 39.2. The molecule has 320 valence electrons. The van der Waals surface area contributed by atoms with Gasteiger partial charge < -0.3 is 29.7 Å². The molecule has 54 heavy (non-hydrogen) atoms. The minimum absolute atomic E-state index is 0.114. The molecule has 0 saturated heterocycles. The maximum absolute atomic E-state index is 12.5. The quantitative estimate of drug-likeness (QED) is 0.0357. The average molecular weight is 768 g/mol. The van der Waals surface area contributed by atoms with Crippen molar-refractivity contribution in [2.24, 2.45) is 17.8 Å². The van der Waals surface area contributed by atoms with Gasteiger partial charge in [0.05, 0.1) is 39.1 Å². The Morgan fingerprint density at radius 2 is 0.722 bits per heavy atom. The fourth-order valence-corrected chi connectivity index (χ4v) is 6.37. The minimum atomic E-state index is -0.155. The summed E-state index contributed by atoms with van der Waals surface area (Å²) in [5.41, 5.74) is 0. The SMILES string of the molecule is CC(C)CCCCCCCOC(=O)CCNCCCNCCCN(CCC(=O)OCCCCCCCC(C)C)CCC(=O)OCCCCCCCC(C)C. The summed E-state index contributed by atoms with van der Waals surface area (Å²) in [6.45, 7) is 20.4. The summed E-state index contributed by atoms with van der Waals surface area (Å²) in [7, 11) is 0. The van der Waals surface area contributed by atoms with E-state index in [0.29, 0.717) is 58.7 Å². The van der Waals surface area contributed by atoms with E-state index < -0.39 is 0 Å². The van der Waals surface area contributed by atoms with Crippen LogP contribution in [-0.2, 0) is 28.6 Å². The highest BCUT2D eigenvalue weighted by molar-refractivity contribution is 5.70. The van der Waals surface area contributed by atoms with Crippen LogP contribution >= 0.6 is 0 Å². The fourth-order valence-electron chi connectivity index (χ4n) is 6.37. The Morgan fingerprint density at radius 3 is 1.13 bits per heavy atom. The number of nitrogens with zero attached hydrogens (tertiary/aromatic N) is 1. The van der Waals surface area contributed by atoms with Gasteiger partial charge in [-0.15, -0.1) is 0 Å². The van der Waals surface area contributed by atoms with E-state index in [-0.39, 0.29) is 17.9 Å². The molecule has 0 aromatic heterocycles. The summed E-state index contributed by atoms with van der Waals surface area (Å²) in [6, 6.07) is 0. The van der Waals surface area contributed by atoms with E-state index >= 15 is 0 Å². The predicted octanol–water partition coefficient (Wildman–Crippen LogP) is 10.0. The average Bonchev–Trinajstić information content (AvgIpc) is 3.12. The van der Waals surface area contributed by atoms with Crippen molar-refractivity contribution < 1.29 is 28.6 Å². The van der Waals surface area contributed by atoms with E-state index in [2.05, 4.69) is 57.1 Å². The molecule has 0 atom stereocenters. The second-order valence-electron chi connectivity index (χ2n) is 16.8. The topological polar surface area (TPSA) is 106 Å². The Kier molecular flexibility index (Phi) is 38.3. The van der Waals surface area contributed by atoms with Crippen LogP contribution in [-0.4, -0.2) is 88.4 Å². The van der Waals surface area contributed by atoms with Crippen LogP contribution in [0.15, 0.2) is 0 Å². The zero-order valence-corrected chi connectivity index (χ0v) is 36.5. The molecule has 0 unspecified atom stereocenters. The summed E-state index contributed by atoms with van der Waals surface area (Å²) in [6.07, 6.45) is 24.3. The molecule has 0 saturated carbocycles. The van der Waals surface area contributed by atoms with E-state index in [9.17, 15) is 14.4 Å². The van der Waals surface area contributed by atoms with Crippen LogP contribution in [0.1, 0.15) is 189 Å². The number of ether oxygens (including phenoxy) is 3. The van der Waals surface area contributed by atoms with Crippen LogP contribution in [0.5, 0.6) is 0 Å². The standard InChI is InChI=1S/C45H89N3O6/c1-40(2)24-16-10-7-13-19-37-52-43(49)27-33-47-31-22-30-46-32-23-34-48(35-28-44(50)53-38-20-14-8-11-17-25-41(3)4)36-29-45(51)54-39-21-15-9-12-18-26-42(5)6/h40-42,46-47H,7-39H2,1-6H3. The number of carbonyl (C=O) groups is 3. The Labute approximate surface area is 333 Å². The molecule has 0 fully saturated rings. The molecule has 0 radical (unpaired) electrons. The maximum atomic E-state index is 12.5. The third-order valence-corrected chi connectivity index (χ3v) is 9.87. The first kappa shape index (κ1) is 52.3. The lowest BCUT2D eigenvalue weighted by Gasteiger charge is -2.21. The van der Waals surface area contributed by atoms with Gasteiger partial charge in [0.1, 0.15) is 0 Å². The van der Waals surface area contributed by atoms with Crippen LogP contribution in [0.4, 0.5) is 0 Å². The Bertz CT molecular complexity index is 813. The molecule has 0 aliphatic heterocycles. The molecule has 0 aromatic rings. The largest absolute Gasteiger partial charge is 0.466 e. The number of rotatable bonds is 41. The zero-order valence-electron chi connectivity index (χ0n) is 36.5. The second-order valence-corrected chi connectivity index (χ2v) is 16.8. The Morgan fingerprint density at radius 1 is 0.389 bits per heavy atom. The zero-order chi connectivity index (χ0) is 39.9. The monoisotopic (exact) mass is 768 g/mol. The van der Waals surface area contributed by atoms with Gasteiger partial charge in [-0.25, -0.2) is 0 Å². The Hall–Kier alpha value is -1.71. The fraction of sp³-hybridized carbons (Fsp3) is 0.933. The molecule has 0 aromatic carbocycles. The highest BCUT2D eigenvalue weighted by atomic mass is 16.5. The third-order valence-electron chi connectivity index (χ3n) is 9.87. The highest BCUT2D eigenvalue weighted by Crippen LogP contribution is 2.13. The van der Waals surface area contributed by atoms with Gasteiger partial charge in [0.15, 0.2) is 0 Å². The Balaban J connectivity index is 4.18. The van der Waals surface area contributed by atoms with Crippen LogP contribution in [0.3, 0.4) is 0 Å². The number of carbonyl (C=O) groups excluding carboxylic acids is 3. The van der Waals surface area contributed by atoms with Crippen molar-refractivity contribution >= 4 is 17.9 Å². The molecule has 0 aliphatic carbocycles. The van der Waals surface area contributed by atoms with Gasteiger partial charge in [0.2, 0.25) is 0 Å². The number of esters is 3. The van der Waals surface area contributed by atoms with Crippen molar-refractivity contribution in [1.29, 1.82) is 0 Å². The van der Waals surface area contributed by atoms with Crippen molar-refractivity contribution in [1.82, 2.24) is 15.5 Å². The van der Waals surface area contributed by atoms with Crippen LogP contribution < -0.4 is 10.6 Å². The van der Waals surface area contributed by atoms with Crippen LogP contribution in [0, 0.1) is 17.8 Å². The number of hydrogen-bond donors (Lipinski definition) is 2. The molecule has 0 rings (SSSR count). The first-order valence-electron chi connectivity index (χ1n) is 22.7. The summed E-state index contributed by atoms with van der Waals surface area (Å²) in [5, 5.41) is 6.85. The number of hydrogen-bond acceptors (Lipinski definition) is 9. The lowest BCUT2D eigenvalue weighted by atomic mass is 10.0. The van der Waals surface area contributed by atoms with Gasteiger partial charge in [-0.05, 0) is 76.0 Å². The number of nitrogens with one attached hydrogen (secondary N) is 2. The molecule has 0 amide bonds. The first-order valence-corrected chi connectivity index (χ1v) is 22.7. The smallest absolute Gasteiger partial charge is 0.307 e. The second kappa shape index (κ2) is 39.5. The van der Waals surface area contributed by atoms with Crippen molar-refractivity contribution in [3.8, 4) is 0 Å². The normalized spacial score (nSPS) is 11.7. The molecular formula is C45H89N3O6. The molecule has 0 heterocycles. The molecule has 2 N–H and O–H groups in total. The predicted molar refractivity (Wildman–Crippen MR) is 226 cm³/mol. The molecular weight excluding hydrogens is 679 g/mol. The van der Waals surface area contributed by atoms with Crippen molar-refractivity contribution in [3.05, 3.63) is 0 Å². The first-order chi connectivity index (χ1) is 26.1. The van der Waals surface area contributed by atoms with Crippen molar-refractivity contribution in [2.75, 3.05) is 65.6 Å². The van der Waals surface area contributed by atoms with E-state index in [0.717, 1.165) is 95.3 Å². The molecule has 9 heteroatoms. The van der Waals surface area contributed by atoms with E-state index in [1.807, 2.05) is 0 Å². The summed E-state index contributed by atoms with van der Waals surface area (Å²) >= 11 is 0. The van der Waals surface area contributed by atoms with Gasteiger partial charge in [-0.3, -0.25) is 14.4 Å². The van der Waals surface area contributed by atoms with Gasteiger partial charge in [0, 0.05) is 19.6 Å². The lowest BCUT2D eigenvalue weighted by Crippen LogP contribution is -2.32. The van der Waals surface area contributed by atoms with E-state index in [1.54, 1.807) is 0 Å². The number of unbranched alkanes of at least 4 members (excludes halogenated alkanes) is 12. The van der Waals surface area contributed by atoms with Crippen molar-refractivity contribution in [3.63, 3.8) is 0 Å². The van der Waals surface area contributed by atoms with Gasteiger partial charge in [0.25, 0.3) is 0 Å². The molecule has 0 bridgehead atoms. The minimum Gasteiger partial charge on any atom is -0.466 e. The van der Waals surface area contributed by atoms with Crippen molar-refractivity contribution in [2.45, 2.75) is 189 Å². The van der Waals surface area contributed by atoms with Crippen LogP contribution in [0.2, 0.25) is 0 Å². The lowest BCUT2D eigenvalue weighted by molar-refractivity contribution is -0.145. The highest BCUT2D eigenvalue weighted by Gasteiger charge is 2.13. The van der Waals surface area contributed by atoms with Crippen LogP contribution in [0.25, 0.3) is 0 Å². The summed E-state index contributed by atoms with van der Waals surface area (Å²) in [5.74, 6) is 1.89. The molecule has 0 aliphatic rings. The maximum Gasteiger partial charge on any atom is 0.307 e. The van der Waals surface area contributed by atoms with Gasteiger partial charge in [-0.1, -0.05) is 138 Å². The summed E-state index contributed by atoms with van der Waals surface area (Å²) < 4.78 is 16.4. The molecule has 0 spiro atoms. The third kappa shape index (κ3) is 41.5. The van der Waals surface area contributed by atoms with Gasteiger partial charge in [-0.2, -0.15) is 0 Å². The van der Waals surface area contributed by atoms with Gasteiger partial charge >= 0.3 is 17.9 Å². The van der Waals surface area contributed by atoms with E-state index in [1.165, 1.54) is 77.0 Å².